The number of hydrogen-bond acceptors (Lipinski definition) is 6. The molecule has 0 saturated heterocycles. The highest BCUT2D eigenvalue weighted by molar-refractivity contribution is 6.58. The van der Waals surface area contributed by atoms with Crippen molar-refractivity contribution >= 4 is 24.2 Å². The van der Waals surface area contributed by atoms with Gasteiger partial charge in [0.2, 0.25) is 0 Å². The van der Waals surface area contributed by atoms with Gasteiger partial charge in [-0.1, -0.05) is 12.1 Å². The lowest BCUT2D eigenvalue weighted by Crippen LogP contribution is -2.33. The number of nitrogens with zero attached hydrogens (tertiary/aromatic N) is 1. The van der Waals surface area contributed by atoms with Crippen molar-refractivity contribution in [2.75, 3.05) is 0 Å². The van der Waals surface area contributed by atoms with Crippen molar-refractivity contribution in [2.45, 2.75) is 12.5 Å². The Bertz CT molecular complexity index is 478. The number of carbonyl (C=O) groups is 1. The first-order chi connectivity index (χ1) is 8.32. The molecule has 0 radical (unpaired) electrons. The van der Waals surface area contributed by atoms with Gasteiger partial charge in [-0.15, -0.1) is 0 Å². The van der Waals surface area contributed by atoms with E-state index in [0.29, 0.717) is 0 Å². The molecule has 96 valence electrons. The van der Waals surface area contributed by atoms with Crippen LogP contribution in [0.25, 0.3) is 0 Å². The van der Waals surface area contributed by atoms with Gasteiger partial charge in [0.25, 0.3) is 5.69 Å². The van der Waals surface area contributed by atoms with Gasteiger partial charge in [-0.3, -0.25) is 14.9 Å². The van der Waals surface area contributed by atoms with Gasteiger partial charge in [-0.2, -0.15) is 0 Å². The molecule has 0 amide bonds. The van der Waals surface area contributed by atoms with Crippen LogP contribution in [0.5, 0.6) is 0 Å². The molecule has 1 rings (SSSR count). The molecule has 0 saturated carbocycles. The second-order valence-corrected chi connectivity index (χ2v) is 3.67. The smallest absolute Gasteiger partial charge is 0.480 e. The van der Waals surface area contributed by atoms with Crippen LogP contribution < -0.4 is 11.2 Å². The number of aliphatic carboxylic acids is 1. The Labute approximate surface area is 102 Å². The fraction of sp³-hybridized carbons (Fsp3) is 0.222. The van der Waals surface area contributed by atoms with Crippen LogP contribution in [0, 0.1) is 10.1 Å². The molecule has 1 atom stereocenters. The predicted octanol–water partition coefficient (Wildman–Crippen LogP) is -1.77. The molecule has 0 aliphatic rings. The molecule has 0 aromatic heterocycles. The Morgan fingerprint density at radius 3 is 2.56 bits per heavy atom. The van der Waals surface area contributed by atoms with Crippen molar-refractivity contribution in [2.24, 2.45) is 5.73 Å². The summed E-state index contributed by atoms with van der Waals surface area (Å²) in [5, 5.41) is 37.3. The van der Waals surface area contributed by atoms with Gasteiger partial charge < -0.3 is 20.9 Å². The summed E-state index contributed by atoms with van der Waals surface area (Å²) in [5.41, 5.74) is 4.98. The average Bonchev–Trinajstić information content (AvgIpc) is 2.28. The van der Waals surface area contributed by atoms with E-state index in [2.05, 4.69) is 0 Å². The maximum atomic E-state index is 10.8. The van der Waals surface area contributed by atoms with Crippen molar-refractivity contribution in [3.8, 4) is 0 Å². The number of hydrogen-bond donors (Lipinski definition) is 4. The molecule has 0 bridgehead atoms. The number of nitrogens with two attached hydrogens (primary N) is 1. The zero-order valence-corrected chi connectivity index (χ0v) is 9.18. The molecular formula is C9H11BN2O6. The molecule has 0 aliphatic heterocycles. The highest BCUT2D eigenvalue weighted by Gasteiger charge is 2.22. The quantitative estimate of drug-likeness (QED) is 0.276. The van der Waals surface area contributed by atoms with E-state index in [0.717, 1.165) is 6.07 Å². The number of nitro benzene ring substituents is 1. The van der Waals surface area contributed by atoms with Gasteiger partial charge in [0.1, 0.15) is 6.04 Å². The van der Waals surface area contributed by atoms with Gasteiger partial charge in [0, 0.05) is 18.1 Å². The van der Waals surface area contributed by atoms with Gasteiger partial charge in [0.15, 0.2) is 0 Å². The Hall–Kier alpha value is -1.97. The van der Waals surface area contributed by atoms with E-state index in [1.54, 1.807) is 0 Å². The first-order valence-electron chi connectivity index (χ1n) is 4.94. The monoisotopic (exact) mass is 254 g/mol. The van der Waals surface area contributed by atoms with Crippen LogP contribution in [-0.4, -0.2) is 39.2 Å². The molecule has 5 N–H and O–H groups in total. The van der Waals surface area contributed by atoms with Gasteiger partial charge in [0.05, 0.1) is 4.92 Å². The standard InChI is InChI=1S/C9H11BN2O6/c11-7(9(13)14)3-5-1-2-6(10(15)16)4-8(5)12(17)18/h1-2,4,7,15-16H,3,11H2,(H,13,14). The third-order valence-corrected chi connectivity index (χ3v) is 2.36. The first-order valence-corrected chi connectivity index (χ1v) is 4.94. The summed E-state index contributed by atoms with van der Waals surface area (Å²) in [6, 6.07) is 2.25. The summed E-state index contributed by atoms with van der Waals surface area (Å²) in [4.78, 5) is 20.7. The molecule has 0 heterocycles. The molecule has 18 heavy (non-hydrogen) atoms. The lowest BCUT2D eigenvalue weighted by molar-refractivity contribution is -0.385. The third-order valence-electron chi connectivity index (χ3n) is 2.36. The average molecular weight is 254 g/mol. The molecule has 1 aromatic rings. The summed E-state index contributed by atoms with van der Waals surface area (Å²) in [5.74, 6) is -1.27. The van der Waals surface area contributed by atoms with Crippen molar-refractivity contribution in [1.82, 2.24) is 0 Å². The molecule has 9 heteroatoms. The summed E-state index contributed by atoms with van der Waals surface area (Å²) in [6.07, 6.45) is -0.215. The van der Waals surface area contributed by atoms with E-state index >= 15 is 0 Å². The van der Waals surface area contributed by atoms with E-state index in [1.165, 1.54) is 12.1 Å². The third kappa shape index (κ3) is 3.26. The Morgan fingerprint density at radius 2 is 2.11 bits per heavy atom. The Morgan fingerprint density at radius 1 is 1.50 bits per heavy atom. The van der Waals surface area contributed by atoms with Crippen molar-refractivity contribution in [1.29, 1.82) is 0 Å². The van der Waals surface area contributed by atoms with Crippen LogP contribution in [0.3, 0.4) is 0 Å². The minimum atomic E-state index is -1.83. The zero-order chi connectivity index (χ0) is 13.9. The maximum absolute atomic E-state index is 10.8. The topological polar surface area (TPSA) is 147 Å². The second kappa shape index (κ2) is 5.58. The molecule has 8 nitrogen and oxygen atoms in total. The summed E-state index contributed by atoms with van der Waals surface area (Å²) < 4.78 is 0. The van der Waals surface area contributed by atoms with Gasteiger partial charge in [-0.25, -0.2) is 0 Å². The molecule has 0 aliphatic carbocycles. The summed E-state index contributed by atoms with van der Waals surface area (Å²) in [6.45, 7) is 0. The fourth-order valence-corrected chi connectivity index (χ4v) is 1.41. The normalized spacial score (nSPS) is 11.9. The zero-order valence-electron chi connectivity index (χ0n) is 9.18. The van der Waals surface area contributed by atoms with Gasteiger partial charge >= 0.3 is 13.1 Å². The second-order valence-electron chi connectivity index (χ2n) is 3.67. The van der Waals surface area contributed by atoms with Crippen LogP contribution in [0.2, 0.25) is 0 Å². The molecule has 0 spiro atoms. The summed E-state index contributed by atoms with van der Waals surface area (Å²) >= 11 is 0. The van der Waals surface area contributed by atoms with Crippen LogP contribution >= 0.6 is 0 Å². The van der Waals surface area contributed by atoms with Gasteiger partial charge in [-0.05, 0) is 5.46 Å². The molecule has 0 fully saturated rings. The van der Waals surface area contributed by atoms with E-state index < -0.39 is 29.7 Å². The van der Waals surface area contributed by atoms with Crippen molar-refractivity contribution in [3.05, 3.63) is 33.9 Å². The molecule has 1 aromatic carbocycles. The number of carboxylic acid groups (broad SMARTS) is 1. The highest BCUT2D eigenvalue weighted by Crippen LogP contribution is 2.18. The van der Waals surface area contributed by atoms with E-state index in [4.69, 9.17) is 20.9 Å². The molecular weight excluding hydrogens is 243 g/mol. The SMILES string of the molecule is NC(Cc1ccc(B(O)O)cc1[N+](=O)[O-])C(=O)O. The number of benzene rings is 1. The van der Waals surface area contributed by atoms with E-state index in [-0.39, 0.29) is 17.4 Å². The number of carboxylic acids is 1. The van der Waals surface area contributed by atoms with E-state index in [1.807, 2.05) is 0 Å². The van der Waals surface area contributed by atoms with Crippen molar-refractivity contribution < 1.29 is 24.9 Å². The van der Waals surface area contributed by atoms with Crippen LogP contribution in [-0.2, 0) is 11.2 Å². The van der Waals surface area contributed by atoms with Crippen LogP contribution in [0.4, 0.5) is 5.69 Å². The summed E-state index contributed by atoms with van der Waals surface area (Å²) in [7, 11) is -1.83. The fourth-order valence-electron chi connectivity index (χ4n) is 1.41. The Kier molecular flexibility index (Phi) is 4.37. The predicted molar refractivity (Wildman–Crippen MR) is 62.2 cm³/mol. The minimum Gasteiger partial charge on any atom is -0.480 e. The van der Waals surface area contributed by atoms with Crippen LogP contribution in [0.1, 0.15) is 5.56 Å². The maximum Gasteiger partial charge on any atom is 0.488 e. The largest absolute Gasteiger partial charge is 0.488 e. The Balaban J connectivity index is 3.12. The lowest BCUT2D eigenvalue weighted by Gasteiger charge is -2.08. The number of rotatable bonds is 5. The van der Waals surface area contributed by atoms with Crippen molar-refractivity contribution in [3.63, 3.8) is 0 Å². The van der Waals surface area contributed by atoms with E-state index in [9.17, 15) is 14.9 Å². The number of nitro groups is 1. The van der Waals surface area contributed by atoms with Crippen LogP contribution in [0.15, 0.2) is 18.2 Å². The molecule has 1 unspecified atom stereocenters. The highest BCUT2D eigenvalue weighted by atomic mass is 16.6. The lowest BCUT2D eigenvalue weighted by atomic mass is 9.79. The minimum absolute atomic E-state index is 0.0469. The first kappa shape index (κ1) is 14.1.